The number of hydrogen-bond acceptors (Lipinski definition) is 2. The van der Waals surface area contributed by atoms with Gasteiger partial charge in [0.15, 0.2) is 0 Å². The van der Waals surface area contributed by atoms with Gasteiger partial charge in [-0.05, 0) is 12.3 Å². The molecule has 0 aromatic heterocycles. The molecule has 0 aromatic carbocycles. The van der Waals surface area contributed by atoms with E-state index in [1.165, 1.54) is 0 Å². The van der Waals surface area contributed by atoms with Crippen LogP contribution in [0.3, 0.4) is 0 Å². The van der Waals surface area contributed by atoms with E-state index in [9.17, 15) is 4.79 Å². The standard InChI is InChI=1S/C10H15NO2/c1-3-5-9-8-11(6-7-13-9)10(12)4-2/h2,9H,3,5-8H2,1H3. The van der Waals surface area contributed by atoms with Gasteiger partial charge in [0.05, 0.1) is 12.7 Å². The first-order chi connectivity index (χ1) is 6.27. The molecule has 13 heavy (non-hydrogen) atoms. The van der Waals surface area contributed by atoms with Crippen LogP contribution in [0.25, 0.3) is 0 Å². The van der Waals surface area contributed by atoms with Crippen LogP contribution in [-0.4, -0.2) is 36.6 Å². The molecular formula is C10H15NO2. The van der Waals surface area contributed by atoms with E-state index >= 15 is 0 Å². The predicted octanol–water partition coefficient (Wildman–Crippen LogP) is 0.647. The average Bonchev–Trinajstić information content (AvgIpc) is 2.18. The Bertz CT molecular complexity index is 217. The Morgan fingerprint density at radius 3 is 3.15 bits per heavy atom. The minimum atomic E-state index is -0.218. The van der Waals surface area contributed by atoms with Crippen molar-refractivity contribution in [3.05, 3.63) is 0 Å². The summed E-state index contributed by atoms with van der Waals surface area (Å²) in [6, 6.07) is 0. The van der Waals surface area contributed by atoms with Crippen molar-refractivity contribution in [2.45, 2.75) is 25.9 Å². The number of morpholine rings is 1. The first kappa shape index (κ1) is 10.1. The fourth-order valence-electron chi connectivity index (χ4n) is 1.49. The molecule has 0 saturated carbocycles. The van der Waals surface area contributed by atoms with E-state index in [1.54, 1.807) is 4.90 Å². The molecule has 1 rings (SSSR count). The maximum Gasteiger partial charge on any atom is 0.298 e. The molecule has 1 saturated heterocycles. The van der Waals surface area contributed by atoms with Crippen LogP contribution in [0.5, 0.6) is 0 Å². The SMILES string of the molecule is C#CC(=O)N1CCOC(CCC)C1. The average molecular weight is 181 g/mol. The number of hydrogen-bond donors (Lipinski definition) is 0. The zero-order valence-electron chi connectivity index (χ0n) is 7.95. The molecular weight excluding hydrogens is 166 g/mol. The van der Waals surface area contributed by atoms with Crippen LogP contribution in [0.4, 0.5) is 0 Å². The van der Waals surface area contributed by atoms with Gasteiger partial charge in [-0.15, -0.1) is 6.42 Å². The van der Waals surface area contributed by atoms with Crippen LogP contribution in [0.1, 0.15) is 19.8 Å². The molecule has 1 atom stereocenters. The van der Waals surface area contributed by atoms with Crippen LogP contribution < -0.4 is 0 Å². The Balaban J connectivity index is 2.42. The number of carbonyl (C=O) groups excluding carboxylic acids is 1. The summed E-state index contributed by atoms with van der Waals surface area (Å²) < 4.78 is 5.48. The second-order valence-electron chi connectivity index (χ2n) is 3.18. The van der Waals surface area contributed by atoms with E-state index in [0.29, 0.717) is 19.7 Å². The Hall–Kier alpha value is -1.01. The lowest BCUT2D eigenvalue weighted by Crippen LogP contribution is -2.45. The third-order valence-corrected chi connectivity index (χ3v) is 2.16. The first-order valence-electron chi connectivity index (χ1n) is 4.65. The van der Waals surface area contributed by atoms with Gasteiger partial charge >= 0.3 is 0 Å². The summed E-state index contributed by atoms with van der Waals surface area (Å²) >= 11 is 0. The van der Waals surface area contributed by atoms with Gasteiger partial charge in [0.2, 0.25) is 0 Å². The van der Waals surface area contributed by atoms with Gasteiger partial charge in [-0.25, -0.2) is 0 Å². The fourth-order valence-corrected chi connectivity index (χ4v) is 1.49. The summed E-state index contributed by atoms with van der Waals surface area (Å²) in [6.45, 7) is 3.99. The van der Waals surface area contributed by atoms with Gasteiger partial charge in [-0.3, -0.25) is 4.79 Å². The number of amides is 1. The van der Waals surface area contributed by atoms with E-state index in [1.807, 2.05) is 0 Å². The lowest BCUT2D eigenvalue weighted by Gasteiger charge is -2.31. The first-order valence-corrected chi connectivity index (χ1v) is 4.65. The Morgan fingerprint density at radius 1 is 1.77 bits per heavy atom. The second-order valence-corrected chi connectivity index (χ2v) is 3.18. The number of rotatable bonds is 2. The Labute approximate surface area is 79.1 Å². The summed E-state index contributed by atoms with van der Waals surface area (Å²) in [6.07, 6.45) is 7.28. The van der Waals surface area contributed by atoms with Crippen molar-refractivity contribution in [1.82, 2.24) is 4.90 Å². The molecule has 1 amide bonds. The Morgan fingerprint density at radius 2 is 2.54 bits per heavy atom. The molecule has 1 aliphatic heterocycles. The van der Waals surface area contributed by atoms with Crippen molar-refractivity contribution in [1.29, 1.82) is 0 Å². The monoisotopic (exact) mass is 181 g/mol. The van der Waals surface area contributed by atoms with Gasteiger partial charge in [0.1, 0.15) is 0 Å². The van der Waals surface area contributed by atoms with Gasteiger partial charge in [-0.1, -0.05) is 13.3 Å². The topological polar surface area (TPSA) is 29.5 Å². The molecule has 1 unspecified atom stereocenters. The summed E-state index contributed by atoms with van der Waals surface area (Å²) in [7, 11) is 0. The van der Waals surface area contributed by atoms with Crippen molar-refractivity contribution in [3.8, 4) is 12.3 Å². The van der Waals surface area contributed by atoms with Crippen molar-refractivity contribution < 1.29 is 9.53 Å². The maximum absolute atomic E-state index is 11.2. The smallest absolute Gasteiger partial charge is 0.298 e. The number of nitrogens with zero attached hydrogens (tertiary/aromatic N) is 1. The minimum absolute atomic E-state index is 0.177. The molecule has 1 heterocycles. The van der Waals surface area contributed by atoms with E-state index in [4.69, 9.17) is 11.2 Å². The number of ether oxygens (including phenoxy) is 1. The van der Waals surface area contributed by atoms with E-state index in [0.717, 1.165) is 12.8 Å². The quantitative estimate of drug-likeness (QED) is 0.585. The van der Waals surface area contributed by atoms with Gasteiger partial charge < -0.3 is 9.64 Å². The molecule has 0 bridgehead atoms. The molecule has 3 nitrogen and oxygen atoms in total. The van der Waals surface area contributed by atoms with Crippen molar-refractivity contribution in [2.75, 3.05) is 19.7 Å². The Kier molecular flexibility index (Phi) is 3.78. The third-order valence-electron chi connectivity index (χ3n) is 2.16. The van der Waals surface area contributed by atoms with Crippen LogP contribution in [-0.2, 0) is 9.53 Å². The molecule has 0 aromatic rings. The summed E-state index contributed by atoms with van der Waals surface area (Å²) in [5.74, 6) is 1.91. The lowest BCUT2D eigenvalue weighted by molar-refractivity contribution is -0.132. The highest BCUT2D eigenvalue weighted by Gasteiger charge is 2.22. The second kappa shape index (κ2) is 4.88. The molecule has 0 aliphatic carbocycles. The van der Waals surface area contributed by atoms with Crippen LogP contribution in [0, 0.1) is 12.3 Å². The zero-order chi connectivity index (χ0) is 9.68. The van der Waals surface area contributed by atoms with Gasteiger partial charge in [0, 0.05) is 13.1 Å². The van der Waals surface area contributed by atoms with Crippen LogP contribution in [0.15, 0.2) is 0 Å². The van der Waals surface area contributed by atoms with Gasteiger partial charge in [0.25, 0.3) is 5.91 Å². The highest BCUT2D eigenvalue weighted by molar-refractivity contribution is 5.92. The zero-order valence-corrected chi connectivity index (χ0v) is 7.95. The molecule has 0 N–H and O–H groups in total. The summed E-state index contributed by atoms with van der Waals surface area (Å²) in [5, 5.41) is 0. The lowest BCUT2D eigenvalue weighted by atomic mass is 10.2. The van der Waals surface area contributed by atoms with Crippen molar-refractivity contribution in [2.24, 2.45) is 0 Å². The summed E-state index contributed by atoms with van der Waals surface area (Å²) in [4.78, 5) is 12.8. The normalized spacial score (nSPS) is 22.5. The fraction of sp³-hybridized carbons (Fsp3) is 0.700. The van der Waals surface area contributed by atoms with E-state index in [-0.39, 0.29) is 12.0 Å². The van der Waals surface area contributed by atoms with Crippen LogP contribution in [0.2, 0.25) is 0 Å². The summed E-state index contributed by atoms with van der Waals surface area (Å²) in [5.41, 5.74) is 0. The van der Waals surface area contributed by atoms with Crippen molar-refractivity contribution >= 4 is 5.91 Å². The molecule has 0 spiro atoms. The molecule has 72 valence electrons. The largest absolute Gasteiger partial charge is 0.375 e. The van der Waals surface area contributed by atoms with Crippen molar-refractivity contribution in [3.63, 3.8) is 0 Å². The number of carbonyl (C=O) groups is 1. The maximum atomic E-state index is 11.2. The molecule has 1 aliphatic rings. The predicted molar refractivity (Wildman–Crippen MR) is 50.1 cm³/mol. The third kappa shape index (κ3) is 2.74. The molecule has 1 fully saturated rings. The highest BCUT2D eigenvalue weighted by Crippen LogP contribution is 2.09. The molecule has 3 heteroatoms. The number of terminal acetylenes is 1. The minimum Gasteiger partial charge on any atom is -0.375 e. The van der Waals surface area contributed by atoms with Crippen LogP contribution >= 0.6 is 0 Å². The highest BCUT2D eigenvalue weighted by atomic mass is 16.5. The van der Waals surface area contributed by atoms with E-state index < -0.39 is 0 Å². The van der Waals surface area contributed by atoms with E-state index in [2.05, 4.69) is 12.8 Å². The molecule has 0 radical (unpaired) electrons. The van der Waals surface area contributed by atoms with Gasteiger partial charge in [-0.2, -0.15) is 0 Å².